The van der Waals surface area contributed by atoms with E-state index in [0.29, 0.717) is 28.1 Å². The molecule has 2 aromatic carbocycles. The molecule has 0 bridgehead atoms. The molecule has 0 radical (unpaired) electrons. The normalized spacial score (nSPS) is 16.1. The highest BCUT2D eigenvalue weighted by atomic mass is 79.9. The highest BCUT2D eigenvalue weighted by Gasteiger charge is 2.43. The summed E-state index contributed by atoms with van der Waals surface area (Å²) in [6, 6.07) is 10.4. The van der Waals surface area contributed by atoms with E-state index in [1.807, 2.05) is 37.3 Å². The SMILES string of the molecule is COc1c(OCc2ccccc2)cc(CC2C(=O)N(C)CC(=O)N2C(=O)OC(C)C)c(Br)c1C. The molecule has 0 saturated carbocycles. The predicted octanol–water partition coefficient (Wildman–Crippen LogP) is 4.10. The summed E-state index contributed by atoms with van der Waals surface area (Å²) < 4.78 is 17.6. The maximum atomic E-state index is 13.0. The van der Waals surface area contributed by atoms with Crippen LogP contribution in [0.3, 0.4) is 0 Å². The van der Waals surface area contributed by atoms with Gasteiger partial charge in [-0.2, -0.15) is 0 Å². The second kappa shape index (κ2) is 10.9. The van der Waals surface area contributed by atoms with Crippen molar-refractivity contribution in [3.05, 3.63) is 57.6 Å². The molecule has 9 heteroatoms. The maximum Gasteiger partial charge on any atom is 0.417 e. The van der Waals surface area contributed by atoms with Gasteiger partial charge in [-0.25, -0.2) is 9.69 Å². The van der Waals surface area contributed by atoms with E-state index < -0.39 is 24.1 Å². The molecule has 1 heterocycles. The standard InChI is InChI=1S/C25H29BrN2O6/c1-15(2)34-25(31)28-19(24(30)27(4)13-21(28)29)11-18-12-20(23(32-5)16(3)22(18)26)33-14-17-9-7-6-8-10-17/h6-10,12,15,19H,11,13-14H2,1-5H3. The molecule has 182 valence electrons. The minimum absolute atomic E-state index is 0.0925. The van der Waals surface area contributed by atoms with Crippen molar-refractivity contribution < 1.29 is 28.6 Å². The second-order valence-electron chi connectivity index (χ2n) is 8.39. The second-order valence-corrected chi connectivity index (χ2v) is 9.18. The zero-order chi connectivity index (χ0) is 25.0. The van der Waals surface area contributed by atoms with Crippen molar-refractivity contribution in [1.29, 1.82) is 0 Å². The van der Waals surface area contributed by atoms with E-state index in [1.54, 1.807) is 34.1 Å². The van der Waals surface area contributed by atoms with Crippen molar-refractivity contribution in [2.45, 2.75) is 45.9 Å². The number of piperazine rings is 1. The number of amides is 3. The van der Waals surface area contributed by atoms with E-state index in [-0.39, 0.29) is 18.9 Å². The molecule has 3 amide bonds. The van der Waals surface area contributed by atoms with Gasteiger partial charge in [0.2, 0.25) is 5.91 Å². The van der Waals surface area contributed by atoms with Crippen molar-refractivity contribution in [3.63, 3.8) is 0 Å². The van der Waals surface area contributed by atoms with Crippen LogP contribution in [0.4, 0.5) is 4.79 Å². The number of benzene rings is 2. The van der Waals surface area contributed by atoms with Gasteiger partial charge in [0.05, 0.1) is 13.2 Å². The van der Waals surface area contributed by atoms with E-state index >= 15 is 0 Å². The van der Waals surface area contributed by atoms with Crippen LogP contribution in [0.25, 0.3) is 0 Å². The van der Waals surface area contributed by atoms with Gasteiger partial charge in [0.1, 0.15) is 19.2 Å². The Bertz CT molecular complexity index is 1070. The van der Waals surface area contributed by atoms with Crippen molar-refractivity contribution >= 4 is 33.8 Å². The van der Waals surface area contributed by atoms with Gasteiger partial charge in [0, 0.05) is 23.5 Å². The van der Waals surface area contributed by atoms with Crippen molar-refractivity contribution in [2.75, 3.05) is 20.7 Å². The van der Waals surface area contributed by atoms with Gasteiger partial charge in [-0.15, -0.1) is 0 Å². The number of carbonyl (C=O) groups excluding carboxylic acids is 3. The van der Waals surface area contributed by atoms with E-state index in [9.17, 15) is 14.4 Å². The molecule has 1 atom stereocenters. The third-order valence-corrected chi connectivity index (χ3v) is 6.59. The first-order chi connectivity index (χ1) is 16.1. The molecule has 1 aliphatic heterocycles. The van der Waals surface area contributed by atoms with Crippen molar-refractivity contribution in [1.82, 2.24) is 9.80 Å². The number of carbonyl (C=O) groups is 3. The number of nitrogens with zero attached hydrogens (tertiary/aromatic N) is 2. The quantitative estimate of drug-likeness (QED) is 0.533. The van der Waals surface area contributed by atoms with Crippen molar-refractivity contribution in [3.8, 4) is 11.5 Å². The molecule has 0 spiro atoms. The summed E-state index contributed by atoms with van der Waals surface area (Å²) in [6.45, 7) is 5.39. The van der Waals surface area contributed by atoms with Crippen LogP contribution in [0.1, 0.15) is 30.5 Å². The molecular formula is C25H29BrN2O6. The van der Waals surface area contributed by atoms with Crippen LogP contribution in [0, 0.1) is 6.92 Å². The summed E-state index contributed by atoms with van der Waals surface area (Å²) in [7, 11) is 3.10. The minimum atomic E-state index is -1.04. The van der Waals surface area contributed by atoms with Crippen LogP contribution in [0.15, 0.2) is 40.9 Å². The average Bonchev–Trinajstić information content (AvgIpc) is 2.79. The highest BCUT2D eigenvalue weighted by Crippen LogP contribution is 2.39. The molecule has 8 nitrogen and oxygen atoms in total. The van der Waals surface area contributed by atoms with Crippen molar-refractivity contribution in [2.24, 2.45) is 0 Å². The zero-order valence-corrected chi connectivity index (χ0v) is 21.5. The van der Waals surface area contributed by atoms with Gasteiger partial charge in [0.15, 0.2) is 11.5 Å². The zero-order valence-electron chi connectivity index (χ0n) is 20.0. The number of rotatable bonds is 7. The lowest BCUT2D eigenvalue weighted by Gasteiger charge is -2.37. The summed E-state index contributed by atoms with van der Waals surface area (Å²) >= 11 is 3.60. The molecule has 0 aromatic heterocycles. The summed E-state index contributed by atoms with van der Waals surface area (Å²) in [4.78, 5) is 40.7. The first-order valence-electron chi connectivity index (χ1n) is 10.9. The monoisotopic (exact) mass is 532 g/mol. The average molecular weight is 533 g/mol. The Morgan fingerprint density at radius 1 is 1.21 bits per heavy atom. The van der Waals surface area contributed by atoms with Crippen LogP contribution < -0.4 is 9.47 Å². The Kier molecular flexibility index (Phi) is 8.19. The highest BCUT2D eigenvalue weighted by molar-refractivity contribution is 9.10. The van der Waals surface area contributed by atoms with Crippen LogP contribution in [-0.2, 0) is 27.4 Å². The van der Waals surface area contributed by atoms with Crippen LogP contribution in [0.5, 0.6) is 11.5 Å². The first kappa shape index (κ1) is 25.6. The molecule has 0 N–H and O–H groups in total. The summed E-state index contributed by atoms with van der Waals surface area (Å²) in [5.41, 5.74) is 2.47. The van der Waals surface area contributed by atoms with Crippen LogP contribution in [0.2, 0.25) is 0 Å². The number of hydrogen-bond acceptors (Lipinski definition) is 6. The molecule has 1 aliphatic rings. The van der Waals surface area contributed by atoms with E-state index in [1.165, 1.54) is 4.90 Å². The number of ether oxygens (including phenoxy) is 3. The van der Waals surface area contributed by atoms with Gasteiger partial charge in [-0.05, 0) is 38.0 Å². The summed E-state index contributed by atoms with van der Waals surface area (Å²) in [6.07, 6.45) is -1.16. The molecule has 0 aliphatic carbocycles. The fraction of sp³-hybridized carbons (Fsp3) is 0.400. The first-order valence-corrected chi connectivity index (χ1v) is 11.7. The molecule has 34 heavy (non-hydrogen) atoms. The third kappa shape index (κ3) is 5.52. The fourth-order valence-electron chi connectivity index (χ4n) is 3.83. The number of methoxy groups -OCH3 is 1. The van der Waals surface area contributed by atoms with Gasteiger partial charge in [0.25, 0.3) is 5.91 Å². The summed E-state index contributed by atoms with van der Waals surface area (Å²) in [5, 5.41) is 0. The van der Waals surface area contributed by atoms with Gasteiger partial charge in [-0.1, -0.05) is 46.3 Å². The number of halogens is 1. The van der Waals surface area contributed by atoms with Gasteiger partial charge >= 0.3 is 6.09 Å². The lowest BCUT2D eigenvalue weighted by Crippen LogP contribution is -2.61. The number of imide groups is 1. The third-order valence-electron chi connectivity index (χ3n) is 5.48. The van der Waals surface area contributed by atoms with E-state index in [4.69, 9.17) is 14.2 Å². The Hall–Kier alpha value is -3.07. The van der Waals surface area contributed by atoms with Crippen LogP contribution in [-0.4, -0.2) is 60.6 Å². The molecule has 3 rings (SSSR count). The molecule has 1 unspecified atom stereocenters. The van der Waals surface area contributed by atoms with Gasteiger partial charge < -0.3 is 19.1 Å². The Morgan fingerprint density at radius 2 is 1.88 bits per heavy atom. The molecule has 1 saturated heterocycles. The topological polar surface area (TPSA) is 85.4 Å². The van der Waals surface area contributed by atoms with Crippen LogP contribution >= 0.6 is 15.9 Å². The summed E-state index contributed by atoms with van der Waals surface area (Å²) in [5.74, 6) is 0.235. The number of likely N-dealkylation sites (N-methyl/N-ethyl adjacent to an activating group) is 1. The Balaban J connectivity index is 1.96. The smallest absolute Gasteiger partial charge is 0.417 e. The fourth-order valence-corrected chi connectivity index (χ4v) is 4.28. The van der Waals surface area contributed by atoms with E-state index in [2.05, 4.69) is 15.9 Å². The Labute approximate surface area is 207 Å². The molecule has 1 fully saturated rings. The minimum Gasteiger partial charge on any atom is -0.493 e. The lowest BCUT2D eigenvalue weighted by molar-refractivity contribution is -0.152. The molecular weight excluding hydrogens is 504 g/mol. The number of hydrogen-bond donors (Lipinski definition) is 0. The maximum absolute atomic E-state index is 13.0. The van der Waals surface area contributed by atoms with Gasteiger partial charge in [-0.3, -0.25) is 9.59 Å². The Morgan fingerprint density at radius 3 is 2.50 bits per heavy atom. The molecule has 2 aromatic rings. The largest absolute Gasteiger partial charge is 0.493 e. The van der Waals surface area contributed by atoms with E-state index in [0.717, 1.165) is 16.0 Å². The lowest BCUT2D eigenvalue weighted by atomic mass is 9.99. The predicted molar refractivity (Wildman–Crippen MR) is 130 cm³/mol.